The molecule has 6 heteroatoms. The first kappa shape index (κ1) is 14.9. The molecule has 1 aliphatic heterocycles. The third-order valence-corrected chi connectivity index (χ3v) is 4.11. The molecule has 1 N–H and O–H groups in total. The van der Waals surface area contributed by atoms with Crippen LogP contribution in [0.4, 0.5) is 0 Å². The average molecular weight is 314 g/mol. The topological polar surface area (TPSA) is 62.5 Å². The predicted octanol–water partition coefficient (Wildman–Crippen LogP) is 2.84. The Hall–Kier alpha value is -2.00. The van der Waals surface area contributed by atoms with Crippen LogP contribution in [0.15, 0.2) is 24.3 Å². The molecule has 22 heavy (non-hydrogen) atoms. The van der Waals surface area contributed by atoms with Gasteiger partial charge in [-0.05, 0) is 54.2 Å². The maximum atomic E-state index is 9.71. The van der Waals surface area contributed by atoms with Crippen molar-refractivity contribution in [2.45, 2.75) is 20.5 Å². The highest BCUT2D eigenvalue weighted by atomic mass is 35.5. The number of nitrogens with zero attached hydrogens (tertiary/aromatic N) is 1. The zero-order valence-corrected chi connectivity index (χ0v) is 12.9. The van der Waals surface area contributed by atoms with Crippen molar-refractivity contribution < 1.29 is 14.4 Å². The van der Waals surface area contributed by atoms with Gasteiger partial charge >= 0.3 is 7.12 Å². The molecule has 2 aromatic rings. The molecule has 1 aliphatic rings. The number of fused-ring (bicyclic) bond motifs is 1. The first-order valence-electron chi connectivity index (χ1n) is 6.81. The molecule has 0 fully saturated rings. The summed E-state index contributed by atoms with van der Waals surface area (Å²) in [6.07, 6.45) is 0. The molecule has 0 aromatic heterocycles. The van der Waals surface area contributed by atoms with E-state index in [1.54, 1.807) is 12.1 Å². The molecule has 0 saturated heterocycles. The van der Waals surface area contributed by atoms with E-state index in [0.717, 1.165) is 22.2 Å². The van der Waals surface area contributed by atoms with Crippen LogP contribution in [0.5, 0.6) is 11.5 Å². The second-order valence-electron chi connectivity index (χ2n) is 5.29. The molecule has 0 aliphatic carbocycles. The van der Waals surface area contributed by atoms with Gasteiger partial charge in [-0.3, -0.25) is 0 Å². The highest BCUT2D eigenvalue weighted by Crippen LogP contribution is 2.32. The molecule has 0 saturated carbocycles. The summed E-state index contributed by atoms with van der Waals surface area (Å²) in [4.78, 5) is 0. The standard InChI is InChI=1S/C16H13BClNO3/c1-9-4-16(11(7-19)5-14(9)18)22-15-6-12-8-21-17(20)13(12)3-10(15)2/h3-6,20H,8H2,1-2H3. The van der Waals surface area contributed by atoms with Crippen LogP contribution in [-0.2, 0) is 11.3 Å². The lowest BCUT2D eigenvalue weighted by atomic mass is 9.79. The van der Waals surface area contributed by atoms with Crippen molar-refractivity contribution >= 4 is 24.2 Å². The third kappa shape index (κ3) is 2.57. The van der Waals surface area contributed by atoms with E-state index < -0.39 is 7.12 Å². The van der Waals surface area contributed by atoms with Crippen LogP contribution in [0, 0.1) is 25.2 Å². The SMILES string of the molecule is Cc1cc(Oc2cc3c(cc2C)B(O)OC3)c(C#N)cc1Cl. The second kappa shape index (κ2) is 5.66. The number of rotatable bonds is 2. The summed E-state index contributed by atoms with van der Waals surface area (Å²) in [7, 11) is -0.879. The van der Waals surface area contributed by atoms with Crippen LogP contribution in [-0.4, -0.2) is 12.1 Å². The van der Waals surface area contributed by atoms with Crippen molar-refractivity contribution in [3.8, 4) is 17.6 Å². The van der Waals surface area contributed by atoms with Gasteiger partial charge in [0.1, 0.15) is 17.6 Å². The normalized spacial score (nSPS) is 13.0. The van der Waals surface area contributed by atoms with E-state index in [1.165, 1.54) is 0 Å². The van der Waals surface area contributed by atoms with Gasteiger partial charge in [-0.15, -0.1) is 0 Å². The lowest BCUT2D eigenvalue weighted by molar-refractivity contribution is 0.275. The molecule has 3 rings (SSSR count). The molecule has 1 heterocycles. The minimum Gasteiger partial charge on any atom is -0.456 e. The van der Waals surface area contributed by atoms with Gasteiger partial charge in [-0.2, -0.15) is 5.26 Å². The third-order valence-electron chi connectivity index (χ3n) is 3.70. The Labute approximate surface area is 134 Å². The largest absolute Gasteiger partial charge is 0.491 e. The molecule has 110 valence electrons. The van der Waals surface area contributed by atoms with Gasteiger partial charge in [-0.25, -0.2) is 0 Å². The molecule has 2 aromatic carbocycles. The fraction of sp³-hybridized carbons (Fsp3) is 0.188. The lowest BCUT2D eigenvalue weighted by Gasteiger charge is -2.13. The lowest BCUT2D eigenvalue weighted by Crippen LogP contribution is -2.28. The van der Waals surface area contributed by atoms with E-state index >= 15 is 0 Å². The molecule has 0 unspecified atom stereocenters. The van der Waals surface area contributed by atoms with Crippen LogP contribution < -0.4 is 10.2 Å². The van der Waals surface area contributed by atoms with Crippen molar-refractivity contribution in [3.05, 3.63) is 51.5 Å². The molecule has 0 amide bonds. The van der Waals surface area contributed by atoms with Crippen LogP contribution in [0.3, 0.4) is 0 Å². The Morgan fingerprint density at radius 2 is 2.00 bits per heavy atom. The van der Waals surface area contributed by atoms with E-state index in [1.807, 2.05) is 26.0 Å². The number of ether oxygens (including phenoxy) is 1. The monoisotopic (exact) mass is 313 g/mol. The summed E-state index contributed by atoms with van der Waals surface area (Å²) in [6.45, 7) is 4.09. The molecule has 4 nitrogen and oxygen atoms in total. The van der Waals surface area contributed by atoms with Crippen molar-refractivity contribution in [1.29, 1.82) is 5.26 Å². The summed E-state index contributed by atoms with van der Waals surface area (Å²) < 4.78 is 11.1. The van der Waals surface area contributed by atoms with E-state index in [-0.39, 0.29) is 0 Å². The predicted molar refractivity (Wildman–Crippen MR) is 84.6 cm³/mol. The fourth-order valence-corrected chi connectivity index (χ4v) is 2.58. The summed E-state index contributed by atoms with van der Waals surface area (Å²) in [5.74, 6) is 1.10. The van der Waals surface area contributed by atoms with E-state index in [2.05, 4.69) is 6.07 Å². The zero-order valence-electron chi connectivity index (χ0n) is 12.2. The molecular weight excluding hydrogens is 300 g/mol. The Morgan fingerprint density at radius 3 is 2.73 bits per heavy atom. The van der Waals surface area contributed by atoms with E-state index in [0.29, 0.717) is 28.7 Å². The smallest absolute Gasteiger partial charge is 0.456 e. The molecular formula is C16H13BClNO3. The highest BCUT2D eigenvalue weighted by molar-refractivity contribution is 6.61. The molecule has 0 bridgehead atoms. The Bertz CT molecular complexity index is 801. The van der Waals surface area contributed by atoms with Crippen molar-refractivity contribution in [1.82, 2.24) is 0 Å². The number of aryl methyl sites for hydroxylation is 2. The van der Waals surface area contributed by atoms with Crippen molar-refractivity contribution in [2.24, 2.45) is 0 Å². The van der Waals surface area contributed by atoms with Crippen LogP contribution >= 0.6 is 11.6 Å². The van der Waals surface area contributed by atoms with Crippen LogP contribution in [0.25, 0.3) is 0 Å². The van der Waals surface area contributed by atoms with Crippen molar-refractivity contribution in [2.75, 3.05) is 0 Å². The summed E-state index contributed by atoms with van der Waals surface area (Å²) in [6, 6.07) is 9.12. The van der Waals surface area contributed by atoms with Crippen LogP contribution in [0.2, 0.25) is 5.02 Å². The number of benzene rings is 2. The first-order chi connectivity index (χ1) is 10.5. The quantitative estimate of drug-likeness (QED) is 0.866. The van der Waals surface area contributed by atoms with Gasteiger partial charge in [0.25, 0.3) is 0 Å². The maximum Gasteiger partial charge on any atom is 0.491 e. The van der Waals surface area contributed by atoms with E-state index in [4.69, 9.17) is 21.0 Å². The fourth-order valence-electron chi connectivity index (χ4n) is 2.42. The van der Waals surface area contributed by atoms with Gasteiger partial charge < -0.3 is 14.4 Å². The van der Waals surface area contributed by atoms with Gasteiger partial charge in [0.05, 0.1) is 12.2 Å². The van der Waals surface area contributed by atoms with Crippen LogP contribution in [0.1, 0.15) is 22.3 Å². The Morgan fingerprint density at radius 1 is 1.23 bits per heavy atom. The minimum absolute atomic E-state index is 0.345. The molecule has 0 atom stereocenters. The molecule has 0 spiro atoms. The summed E-state index contributed by atoms with van der Waals surface area (Å²) in [5.41, 5.74) is 3.73. The van der Waals surface area contributed by atoms with Gasteiger partial charge in [0.2, 0.25) is 0 Å². The minimum atomic E-state index is -0.879. The summed E-state index contributed by atoms with van der Waals surface area (Å²) >= 11 is 6.04. The first-order valence-corrected chi connectivity index (χ1v) is 7.18. The van der Waals surface area contributed by atoms with Gasteiger partial charge in [0, 0.05) is 5.02 Å². The Balaban J connectivity index is 2.01. The second-order valence-corrected chi connectivity index (χ2v) is 5.70. The zero-order chi connectivity index (χ0) is 15.9. The number of halogens is 1. The summed E-state index contributed by atoms with van der Waals surface area (Å²) in [5, 5.41) is 19.5. The van der Waals surface area contributed by atoms with Gasteiger partial charge in [0.15, 0.2) is 0 Å². The van der Waals surface area contributed by atoms with Crippen molar-refractivity contribution in [3.63, 3.8) is 0 Å². The number of hydrogen-bond acceptors (Lipinski definition) is 4. The van der Waals surface area contributed by atoms with E-state index in [9.17, 15) is 10.3 Å². The maximum absolute atomic E-state index is 9.71. The van der Waals surface area contributed by atoms with Gasteiger partial charge in [-0.1, -0.05) is 17.7 Å². The highest BCUT2D eigenvalue weighted by Gasteiger charge is 2.28. The molecule has 0 radical (unpaired) electrons. The average Bonchev–Trinajstić information content (AvgIpc) is 2.84. The number of hydrogen-bond donors (Lipinski definition) is 1. The number of nitriles is 1. The Kier molecular flexibility index (Phi) is 3.84.